The van der Waals surface area contributed by atoms with Crippen LogP contribution in [-0.4, -0.2) is 58.0 Å². The van der Waals surface area contributed by atoms with Crippen LogP contribution in [0.4, 0.5) is 19.1 Å². The molecular formula is C28H37F3N4O5. The molecule has 12 heteroatoms. The number of rotatable bonds is 10. The van der Waals surface area contributed by atoms with E-state index in [0.29, 0.717) is 28.8 Å². The van der Waals surface area contributed by atoms with Gasteiger partial charge in [-0.15, -0.1) is 13.2 Å². The molecule has 0 unspecified atom stereocenters. The Balaban J connectivity index is 1.92. The Bertz CT molecular complexity index is 1300. The maximum Gasteiger partial charge on any atom is 0.572 e. The number of hydrogen-bond donors (Lipinski definition) is 2. The molecule has 1 amide bonds. The van der Waals surface area contributed by atoms with E-state index in [1.165, 1.54) is 26.1 Å². The fourth-order valence-electron chi connectivity index (χ4n) is 5.34. The Morgan fingerprint density at radius 2 is 1.95 bits per heavy atom. The van der Waals surface area contributed by atoms with Crippen molar-refractivity contribution in [1.82, 2.24) is 14.5 Å². The molecule has 1 aromatic carbocycles. The van der Waals surface area contributed by atoms with Gasteiger partial charge in [0.15, 0.2) is 6.61 Å². The van der Waals surface area contributed by atoms with Crippen molar-refractivity contribution in [1.29, 1.82) is 0 Å². The summed E-state index contributed by atoms with van der Waals surface area (Å²) in [5, 5.41) is 12.1. The van der Waals surface area contributed by atoms with E-state index in [9.17, 15) is 22.8 Å². The van der Waals surface area contributed by atoms with Crippen LogP contribution in [0.2, 0.25) is 0 Å². The number of imidazole rings is 1. The number of allylic oxidation sites excluding steroid dienone is 4. The zero-order valence-corrected chi connectivity index (χ0v) is 23.6. The second kappa shape index (κ2) is 12.2. The number of aromatic nitrogens is 2. The summed E-state index contributed by atoms with van der Waals surface area (Å²) >= 11 is 0. The number of nitrogens with zero attached hydrogens (tertiary/aromatic N) is 3. The van der Waals surface area contributed by atoms with Crippen LogP contribution in [0, 0.1) is 11.3 Å². The quantitative estimate of drug-likeness (QED) is 0.264. The molecule has 0 spiro atoms. The second-order valence-electron chi connectivity index (χ2n) is 11.3. The zero-order chi connectivity index (χ0) is 29.8. The first kappa shape index (κ1) is 30.8. The van der Waals surface area contributed by atoms with Gasteiger partial charge in [0.05, 0.1) is 11.0 Å². The van der Waals surface area contributed by atoms with E-state index in [4.69, 9.17) is 14.8 Å². The Morgan fingerprint density at radius 1 is 1.25 bits per heavy atom. The molecular weight excluding hydrogens is 529 g/mol. The summed E-state index contributed by atoms with van der Waals surface area (Å²) in [4.78, 5) is 28.9. The molecule has 0 radical (unpaired) electrons. The lowest BCUT2D eigenvalue weighted by molar-refractivity contribution is -0.305. The molecule has 0 bridgehead atoms. The van der Waals surface area contributed by atoms with Gasteiger partial charge in [-0.2, -0.15) is 0 Å². The molecule has 2 atom stereocenters. The van der Waals surface area contributed by atoms with Crippen molar-refractivity contribution in [3.05, 3.63) is 41.8 Å². The number of alkyl halides is 3. The number of carbonyl (C=O) groups excluding carboxylic acids is 1. The minimum atomic E-state index is -4.76. The van der Waals surface area contributed by atoms with Crippen molar-refractivity contribution in [2.24, 2.45) is 11.3 Å². The average molecular weight is 567 g/mol. The molecule has 0 aliphatic heterocycles. The third-order valence-electron chi connectivity index (χ3n) is 6.70. The summed E-state index contributed by atoms with van der Waals surface area (Å²) in [5.74, 6) is -0.477. The van der Waals surface area contributed by atoms with Gasteiger partial charge < -0.3 is 29.4 Å². The number of anilines is 1. The predicted molar refractivity (Wildman–Crippen MR) is 145 cm³/mol. The van der Waals surface area contributed by atoms with Crippen LogP contribution >= 0.6 is 0 Å². The molecule has 3 rings (SSSR count). The highest BCUT2D eigenvalue weighted by molar-refractivity contribution is 5.83. The van der Waals surface area contributed by atoms with Crippen LogP contribution < -0.4 is 10.1 Å². The topological polar surface area (TPSA) is 106 Å². The first-order valence-corrected chi connectivity index (χ1v) is 13.0. The van der Waals surface area contributed by atoms with Gasteiger partial charge in [-0.05, 0) is 68.7 Å². The van der Waals surface area contributed by atoms with Crippen LogP contribution in [0.25, 0.3) is 11.0 Å². The van der Waals surface area contributed by atoms with Crippen LogP contribution in [0.5, 0.6) is 5.75 Å². The lowest BCUT2D eigenvalue weighted by atomic mass is 9.70. The minimum absolute atomic E-state index is 0.112. The molecule has 1 heterocycles. The molecule has 0 saturated heterocycles. The first-order chi connectivity index (χ1) is 18.5. The Morgan fingerprint density at radius 3 is 2.58 bits per heavy atom. The Hall–Kier alpha value is -3.70. The average Bonchev–Trinajstić information content (AvgIpc) is 3.15. The normalized spacial score (nSPS) is 19.8. The van der Waals surface area contributed by atoms with Gasteiger partial charge in [-0.1, -0.05) is 20.8 Å². The molecule has 220 valence electrons. The number of ether oxygens (including phenoxy) is 2. The molecule has 40 heavy (non-hydrogen) atoms. The monoisotopic (exact) mass is 566 g/mol. The second-order valence-corrected chi connectivity index (χ2v) is 11.3. The summed E-state index contributed by atoms with van der Waals surface area (Å²) in [6.45, 7) is 8.90. The number of likely N-dealkylation sites (N-methyl/N-ethyl adjacent to an activating group) is 1. The number of halogens is 3. The summed E-state index contributed by atoms with van der Waals surface area (Å²) in [5.41, 5.74) is 2.14. The number of carboxylic acid groups (broad SMARTS) is 1. The standard InChI is InChI=1S/C28H37F3N4O5/c1-17-11-20(14-27(4,5)13-17)35-23-10-9-21(39-16-24(36)34(6)15-25(37)38)12-22(23)33-26(35)32-18(2)7-8-19(3)40-28(29,30)31/h7-10,12,17,20H,11,13-16H2,1-6H3,(H,32,33)(H,37,38)/b18-7+,19-8+/t17-,20+/m0/s1. The number of carbonyl (C=O) groups is 2. The zero-order valence-electron chi connectivity index (χ0n) is 23.6. The maximum atomic E-state index is 12.5. The van der Waals surface area contributed by atoms with E-state index >= 15 is 0 Å². The van der Waals surface area contributed by atoms with Crippen molar-refractivity contribution >= 4 is 28.9 Å². The fourth-order valence-corrected chi connectivity index (χ4v) is 5.34. The van der Waals surface area contributed by atoms with Crippen molar-refractivity contribution < 1.29 is 37.3 Å². The number of fused-ring (bicyclic) bond motifs is 1. The van der Waals surface area contributed by atoms with E-state index in [1.807, 2.05) is 6.07 Å². The van der Waals surface area contributed by atoms with Gasteiger partial charge in [0, 0.05) is 24.9 Å². The van der Waals surface area contributed by atoms with Crippen LogP contribution in [0.3, 0.4) is 0 Å². The smallest absolute Gasteiger partial charge is 0.484 e. The summed E-state index contributed by atoms with van der Waals surface area (Å²) in [6.07, 6.45) is 0.924. The maximum absolute atomic E-state index is 12.5. The van der Waals surface area contributed by atoms with Crippen molar-refractivity contribution in [3.63, 3.8) is 0 Å². The number of nitrogens with one attached hydrogen (secondary N) is 1. The SMILES string of the molecule is C/C(=C\C=C(/C)OC(F)(F)F)Nc1nc2cc(OCC(=O)N(C)CC(=O)O)ccc2n1[C@@H]1C[C@H](C)CC(C)(C)C1. The van der Waals surface area contributed by atoms with E-state index in [-0.39, 0.29) is 23.8 Å². The number of amides is 1. The highest BCUT2D eigenvalue weighted by Crippen LogP contribution is 2.46. The molecule has 2 N–H and O–H groups in total. The highest BCUT2D eigenvalue weighted by Gasteiger charge is 2.35. The Kier molecular flexibility index (Phi) is 9.42. The van der Waals surface area contributed by atoms with Crippen molar-refractivity contribution in [3.8, 4) is 5.75 Å². The van der Waals surface area contributed by atoms with Gasteiger partial charge in [0.25, 0.3) is 5.91 Å². The molecule has 1 aliphatic carbocycles. The largest absolute Gasteiger partial charge is 0.572 e. The molecule has 9 nitrogen and oxygen atoms in total. The number of aliphatic carboxylic acids is 1. The van der Waals surface area contributed by atoms with Gasteiger partial charge in [-0.3, -0.25) is 9.59 Å². The number of hydrogen-bond acceptors (Lipinski definition) is 6. The van der Waals surface area contributed by atoms with Crippen molar-refractivity contribution in [2.45, 2.75) is 66.3 Å². The summed E-state index contributed by atoms with van der Waals surface area (Å²) in [6, 6.07) is 5.43. The van der Waals surface area contributed by atoms with E-state index < -0.39 is 24.8 Å². The first-order valence-electron chi connectivity index (χ1n) is 13.0. The third kappa shape index (κ3) is 8.65. The summed E-state index contributed by atoms with van der Waals surface area (Å²) in [7, 11) is 1.39. The molecule has 1 aliphatic rings. The van der Waals surface area contributed by atoms with Gasteiger partial charge in [0.1, 0.15) is 18.1 Å². The van der Waals surface area contributed by atoms with Crippen LogP contribution in [0.1, 0.15) is 59.9 Å². The fraction of sp³-hybridized carbons (Fsp3) is 0.536. The number of benzene rings is 1. The van der Waals surface area contributed by atoms with Crippen molar-refractivity contribution in [2.75, 3.05) is 25.5 Å². The van der Waals surface area contributed by atoms with Gasteiger partial charge >= 0.3 is 12.3 Å². The number of carboxylic acids is 1. The molecule has 2 aromatic rings. The molecule has 1 saturated carbocycles. The van der Waals surface area contributed by atoms with E-state index in [1.54, 1.807) is 19.1 Å². The van der Waals surface area contributed by atoms with Gasteiger partial charge in [-0.25, -0.2) is 4.98 Å². The molecule has 1 aromatic heterocycles. The predicted octanol–water partition coefficient (Wildman–Crippen LogP) is 6.10. The molecule has 1 fully saturated rings. The summed E-state index contributed by atoms with van der Waals surface area (Å²) < 4.78 is 49.2. The van der Waals surface area contributed by atoms with E-state index in [0.717, 1.165) is 29.7 Å². The Labute approximate surface area is 231 Å². The lowest BCUT2D eigenvalue weighted by Gasteiger charge is -2.40. The highest BCUT2D eigenvalue weighted by atomic mass is 19.4. The van der Waals surface area contributed by atoms with Gasteiger partial charge in [0.2, 0.25) is 5.95 Å². The van der Waals surface area contributed by atoms with Crippen LogP contribution in [-0.2, 0) is 14.3 Å². The van der Waals surface area contributed by atoms with Crippen LogP contribution in [0.15, 0.2) is 41.8 Å². The lowest BCUT2D eigenvalue weighted by Crippen LogP contribution is -2.35. The van der Waals surface area contributed by atoms with E-state index in [2.05, 4.69) is 35.4 Å². The third-order valence-corrected chi connectivity index (χ3v) is 6.70. The minimum Gasteiger partial charge on any atom is -0.484 e.